The molecule has 1 unspecified atom stereocenters. The molecule has 1 aromatic heterocycles. The van der Waals surface area contributed by atoms with Crippen LogP contribution in [0.1, 0.15) is 31.1 Å². The summed E-state index contributed by atoms with van der Waals surface area (Å²) in [6, 6.07) is 5.07. The van der Waals surface area contributed by atoms with Crippen LogP contribution >= 0.6 is 27.5 Å². The highest BCUT2D eigenvalue weighted by molar-refractivity contribution is 9.10. The molecule has 7 heteroatoms. The Morgan fingerprint density at radius 3 is 2.95 bits per heavy atom. The zero-order valence-corrected chi connectivity index (χ0v) is 13.6. The fourth-order valence-electron chi connectivity index (χ4n) is 1.98. The number of benzene rings is 1. The molecule has 0 amide bonds. The smallest absolute Gasteiger partial charge is 0.258 e. The SMILES string of the molecule is NC(COC1CCC1)c1noc(-c2ccc(Br)c(Cl)c2)n1. The highest BCUT2D eigenvalue weighted by atomic mass is 79.9. The standard InChI is InChI=1S/C14H15BrClN3O2/c15-10-5-4-8(6-11(10)16)14-18-13(19-21-14)12(17)7-20-9-2-1-3-9/h4-6,9,12H,1-3,7,17H2. The molecule has 0 bridgehead atoms. The van der Waals surface area contributed by atoms with Crippen molar-refractivity contribution in [2.75, 3.05) is 6.61 Å². The van der Waals surface area contributed by atoms with Gasteiger partial charge in [-0.25, -0.2) is 0 Å². The van der Waals surface area contributed by atoms with Crippen molar-refractivity contribution in [3.63, 3.8) is 0 Å². The normalized spacial score (nSPS) is 16.7. The molecule has 1 heterocycles. The van der Waals surface area contributed by atoms with Crippen LogP contribution in [-0.2, 0) is 4.74 Å². The summed E-state index contributed by atoms with van der Waals surface area (Å²) < 4.78 is 11.7. The molecular formula is C14H15BrClN3O2. The van der Waals surface area contributed by atoms with E-state index in [1.165, 1.54) is 6.42 Å². The molecule has 1 aromatic carbocycles. The maximum absolute atomic E-state index is 6.06. The van der Waals surface area contributed by atoms with Gasteiger partial charge in [-0.1, -0.05) is 16.8 Å². The van der Waals surface area contributed by atoms with E-state index >= 15 is 0 Å². The average Bonchev–Trinajstić information content (AvgIpc) is 2.89. The molecule has 2 aromatic rings. The van der Waals surface area contributed by atoms with Crippen LogP contribution in [0.25, 0.3) is 11.5 Å². The second kappa shape index (κ2) is 6.44. The quantitative estimate of drug-likeness (QED) is 0.866. The molecule has 1 saturated carbocycles. The van der Waals surface area contributed by atoms with Crippen molar-refractivity contribution in [3.05, 3.63) is 33.5 Å². The monoisotopic (exact) mass is 371 g/mol. The van der Waals surface area contributed by atoms with Crippen LogP contribution in [-0.4, -0.2) is 22.9 Å². The molecule has 21 heavy (non-hydrogen) atoms. The van der Waals surface area contributed by atoms with E-state index in [9.17, 15) is 0 Å². The van der Waals surface area contributed by atoms with Gasteiger partial charge in [0, 0.05) is 10.0 Å². The molecule has 2 N–H and O–H groups in total. The molecule has 112 valence electrons. The van der Waals surface area contributed by atoms with Crippen LogP contribution in [0.3, 0.4) is 0 Å². The van der Waals surface area contributed by atoms with Gasteiger partial charge in [-0.05, 0) is 53.4 Å². The topological polar surface area (TPSA) is 74.2 Å². The lowest BCUT2D eigenvalue weighted by Gasteiger charge is -2.26. The number of nitrogens with zero attached hydrogens (tertiary/aromatic N) is 2. The molecule has 1 aliphatic rings. The van der Waals surface area contributed by atoms with Gasteiger partial charge in [0.2, 0.25) is 0 Å². The molecule has 0 spiro atoms. The van der Waals surface area contributed by atoms with Crippen LogP contribution < -0.4 is 5.73 Å². The highest BCUT2D eigenvalue weighted by Gasteiger charge is 2.21. The van der Waals surface area contributed by atoms with Crippen LogP contribution in [0.4, 0.5) is 0 Å². The van der Waals surface area contributed by atoms with E-state index in [2.05, 4.69) is 26.1 Å². The summed E-state index contributed by atoms with van der Waals surface area (Å²) in [5.74, 6) is 0.849. The highest BCUT2D eigenvalue weighted by Crippen LogP contribution is 2.28. The van der Waals surface area contributed by atoms with Gasteiger partial charge >= 0.3 is 0 Å². The minimum Gasteiger partial charge on any atom is -0.376 e. The van der Waals surface area contributed by atoms with E-state index < -0.39 is 0 Å². The third kappa shape index (κ3) is 3.45. The summed E-state index contributed by atoms with van der Waals surface area (Å²) in [6.07, 6.45) is 3.80. The number of nitrogens with two attached hydrogens (primary N) is 1. The average molecular weight is 373 g/mol. The minimum absolute atomic E-state index is 0.340. The molecule has 0 aliphatic heterocycles. The summed E-state index contributed by atoms with van der Waals surface area (Å²) in [7, 11) is 0. The lowest BCUT2D eigenvalue weighted by atomic mass is 9.96. The Morgan fingerprint density at radius 1 is 1.48 bits per heavy atom. The third-order valence-corrected chi connectivity index (χ3v) is 4.74. The molecule has 5 nitrogen and oxygen atoms in total. The van der Waals surface area contributed by atoms with Gasteiger partial charge in [0.05, 0.1) is 23.8 Å². The summed E-state index contributed by atoms with van der Waals surface area (Å²) >= 11 is 9.40. The molecular weight excluding hydrogens is 358 g/mol. The minimum atomic E-state index is -0.381. The van der Waals surface area contributed by atoms with Gasteiger partial charge in [-0.15, -0.1) is 0 Å². The van der Waals surface area contributed by atoms with Gasteiger partial charge < -0.3 is 15.0 Å². The second-order valence-corrected chi connectivity index (χ2v) is 6.34. The molecule has 1 fully saturated rings. The Morgan fingerprint density at radius 2 is 2.29 bits per heavy atom. The molecule has 1 atom stereocenters. The fraction of sp³-hybridized carbons (Fsp3) is 0.429. The van der Waals surface area contributed by atoms with Gasteiger partial charge in [0.15, 0.2) is 5.82 Å². The van der Waals surface area contributed by atoms with E-state index in [-0.39, 0.29) is 6.04 Å². The first-order chi connectivity index (χ1) is 10.1. The second-order valence-electron chi connectivity index (χ2n) is 5.08. The van der Waals surface area contributed by atoms with Gasteiger partial charge in [0.1, 0.15) is 0 Å². The zero-order chi connectivity index (χ0) is 14.8. The molecule has 1 aliphatic carbocycles. The Labute approximate surface area is 135 Å². The Balaban J connectivity index is 1.68. The molecule has 3 rings (SSSR count). The number of aromatic nitrogens is 2. The van der Waals surface area contributed by atoms with Crippen molar-refractivity contribution in [2.45, 2.75) is 31.4 Å². The number of hydrogen-bond acceptors (Lipinski definition) is 5. The molecule has 0 saturated heterocycles. The zero-order valence-electron chi connectivity index (χ0n) is 11.3. The lowest BCUT2D eigenvalue weighted by Crippen LogP contribution is -2.27. The fourth-order valence-corrected chi connectivity index (χ4v) is 2.41. The number of rotatable bonds is 5. The van der Waals surface area contributed by atoms with E-state index in [1.807, 2.05) is 12.1 Å². The van der Waals surface area contributed by atoms with Crippen LogP contribution in [0.5, 0.6) is 0 Å². The van der Waals surface area contributed by atoms with Crippen molar-refractivity contribution in [3.8, 4) is 11.5 Å². The van der Waals surface area contributed by atoms with Gasteiger partial charge in [-0.3, -0.25) is 0 Å². The van der Waals surface area contributed by atoms with Crippen LogP contribution in [0.2, 0.25) is 5.02 Å². The maximum Gasteiger partial charge on any atom is 0.258 e. The first-order valence-electron chi connectivity index (χ1n) is 6.79. The summed E-state index contributed by atoms with van der Waals surface area (Å²) in [5, 5.41) is 4.51. The van der Waals surface area contributed by atoms with E-state index in [4.69, 9.17) is 26.6 Å². The third-order valence-electron chi connectivity index (χ3n) is 3.50. The van der Waals surface area contributed by atoms with Crippen molar-refractivity contribution < 1.29 is 9.26 Å². The lowest BCUT2D eigenvalue weighted by molar-refractivity contribution is -0.00549. The van der Waals surface area contributed by atoms with Crippen LogP contribution in [0.15, 0.2) is 27.2 Å². The Hall–Kier alpha value is -0.950. The van der Waals surface area contributed by atoms with Crippen molar-refractivity contribution in [1.82, 2.24) is 10.1 Å². The number of halogens is 2. The summed E-state index contributed by atoms with van der Waals surface area (Å²) in [5.41, 5.74) is 6.78. The van der Waals surface area contributed by atoms with Gasteiger partial charge in [-0.2, -0.15) is 4.98 Å². The molecule has 0 radical (unpaired) electrons. The Kier molecular flexibility index (Phi) is 4.59. The predicted octanol–water partition coefficient (Wildman–Crippen LogP) is 3.72. The maximum atomic E-state index is 6.06. The van der Waals surface area contributed by atoms with Crippen molar-refractivity contribution in [2.24, 2.45) is 5.73 Å². The van der Waals surface area contributed by atoms with Crippen molar-refractivity contribution >= 4 is 27.5 Å². The van der Waals surface area contributed by atoms with Gasteiger partial charge in [0.25, 0.3) is 5.89 Å². The number of ether oxygens (including phenoxy) is 1. The van der Waals surface area contributed by atoms with E-state index in [0.29, 0.717) is 29.4 Å². The number of hydrogen-bond donors (Lipinski definition) is 1. The Bertz CT molecular complexity index is 630. The summed E-state index contributed by atoms with van der Waals surface area (Å²) in [4.78, 5) is 4.32. The van der Waals surface area contributed by atoms with E-state index in [1.54, 1.807) is 6.07 Å². The van der Waals surface area contributed by atoms with Crippen molar-refractivity contribution in [1.29, 1.82) is 0 Å². The van der Waals surface area contributed by atoms with Crippen LogP contribution in [0, 0.1) is 0 Å². The predicted molar refractivity (Wildman–Crippen MR) is 83.0 cm³/mol. The largest absolute Gasteiger partial charge is 0.376 e. The summed E-state index contributed by atoms with van der Waals surface area (Å²) in [6.45, 7) is 0.407. The first kappa shape index (κ1) is 15.0. The first-order valence-corrected chi connectivity index (χ1v) is 7.97. The van der Waals surface area contributed by atoms with E-state index in [0.717, 1.165) is 22.9 Å².